The van der Waals surface area contributed by atoms with E-state index in [1.54, 1.807) is 11.9 Å². The van der Waals surface area contributed by atoms with Crippen molar-refractivity contribution in [3.05, 3.63) is 0 Å². The van der Waals surface area contributed by atoms with Crippen molar-refractivity contribution in [2.45, 2.75) is 45.3 Å². The predicted octanol–water partition coefficient (Wildman–Crippen LogP) is 1.96. The van der Waals surface area contributed by atoms with Crippen LogP contribution >= 0.6 is 0 Å². The van der Waals surface area contributed by atoms with Gasteiger partial charge in [-0.05, 0) is 40.7 Å². The van der Waals surface area contributed by atoms with Gasteiger partial charge in [-0.15, -0.1) is 0 Å². The standard InChI is InChI=1S/C14H28N2O3/c1-14(2,3)19-13(17)16(5)9-8-15(4)12-6-10-18-11-7-12/h12H,6-11H2,1-5H3. The first-order valence-electron chi connectivity index (χ1n) is 7.01. The zero-order valence-corrected chi connectivity index (χ0v) is 12.9. The summed E-state index contributed by atoms with van der Waals surface area (Å²) in [7, 11) is 3.89. The molecule has 1 amide bonds. The molecular formula is C14H28N2O3. The summed E-state index contributed by atoms with van der Waals surface area (Å²) in [6.07, 6.45) is 1.90. The number of carbonyl (C=O) groups excluding carboxylic acids is 1. The maximum Gasteiger partial charge on any atom is 0.410 e. The van der Waals surface area contributed by atoms with E-state index in [4.69, 9.17) is 9.47 Å². The summed E-state index contributed by atoms with van der Waals surface area (Å²) in [5.41, 5.74) is -0.433. The molecule has 1 aliphatic heterocycles. The van der Waals surface area contributed by atoms with Crippen LogP contribution in [0.4, 0.5) is 4.79 Å². The first-order chi connectivity index (χ1) is 8.79. The van der Waals surface area contributed by atoms with Gasteiger partial charge in [0.25, 0.3) is 0 Å². The molecule has 1 rings (SSSR count). The molecule has 112 valence electrons. The van der Waals surface area contributed by atoms with Gasteiger partial charge in [-0.25, -0.2) is 4.79 Å². The average molecular weight is 272 g/mol. The van der Waals surface area contributed by atoms with Gasteiger partial charge >= 0.3 is 6.09 Å². The Labute approximate surface area is 116 Å². The molecule has 0 aromatic rings. The summed E-state index contributed by atoms with van der Waals surface area (Å²) < 4.78 is 10.7. The van der Waals surface area contributed by atoms with Crippen LogP contribution in [0.15, 0.2) is 0 Å². The van der Waals surface area contributed by atoms with Gasteiger partial charge in [0.15, 0.2) is 0 Å². The zero-order valence-electron chi connectivity index (χ0n) is 12.9. The topological polar surface area (TPSA) is 42.0 Å². The second-order valence-electron chi connectivity index (χ2n) is 6.23. The van der Waals surface area contributed by atoms with E-state index in [0.717, 1.165) is 32.6 Å². The van der Waals surface area contributed by atoms with Crippen LogP contribution in [0.25, 0.3) is 0 Å². The van der Waals surface area contributed by atoms with Crippen LogP contribution in [-0.2, 0) is 9.47 Å². The van der Waals surface area contributed by atoms with Gasteiger partial charge in [0.2, 0.25) is 0 Å². The quantitative estimate of drug-likeness (QED) is 0.784. The fraction of sp³-hybridized carbons (Fsp3) is 0.929. The van der Waals surface area contributed by atoms with Gasteiger partial charge in [0, 0.05) is 39.4 Å². The van der Waals surface area contributed by atoms with Crippen LogP contribution in [0.3, 0.4) is 0 Å². The number of likely N-dealkylation sites (N-methyl/N-ethyl adjacent to an activating group) is 2. The van der Waals surface area contributed by atoms with E-state index >= 15 is 0 Å². The maximum absolute atomic E-state index is 11.8. The zero-order chi connectivity index (χ0) is 14.5. The number of hydrogen-bond acceptors (Lipinski definition) is 4. The third-order valence-corrected chi connectivity index (χ3v) is 3.31. The van der Waals surface area contributed by atoms with Crippen molar-refractivity contribution in [2.24, 2.45) is 0 Å². The number of carbonyl (C=O) groups is 1. The molecule has 1 saturated heterocycles. The summed E-state index contributed by atoms with van der Waals surface area (Å²) in [6, 6.07) is 0.570. The fourth-order valence-corrected chi connectivity index (χ4v) is 2.05. The van der Waals surface area contributed by atoms with Crippen molar-refractivity contribution < 1.29 is 14.3 Å². The Hall–Kier alpha value is -0.810. The van der Waals surface area contributed by atoms with Crippen LogP contribution in [0, 0.1) is 0 Å². The molecule has 1 aliphatic rings. The molecule has 0 unspecified atom stereocenters. The summed E-state index contributed by atoms with van der Waals surface area (Å²) in [6.45, 7) is 8.88. The average Bonchev–Trinajstić information content (AvgIpc) is 2.34. The minimum absolute atomic E-state index is 0.257. The van der Waals surface area contributed by atoms with Crippen LogP contribution in [-0.4, -0.2) is 67.9 Å². The molecule has 0 spiro atoms. The molecule has 0 aromatic carbocycles. The molecule has 0 aliphatic carbocycles. The van der Waals surface area contributed by atoms with E-state index in [-0.39, 0.29) is 6.09 Å². The van der Waals surface area contributed by atoms with E-state index in [0.29, 0.717) is 12.6 Å². The lowest BCUT2D eigenvalue weighted by Crippen LogP contribution is -2.42. The van der Waals surface area contributed by atoms with Crippen molar-refractivity contribution in [1.82, 2.24) is 9.80 Å². The van der Waals surface area contributed by atoms with Crippen molar-refractivity contribution in [2.75, 3.05) is 40.4 Å². The molecule has 0 N–H and O–H groups in total. The van der Waals surface area contributed by atoms with Crippen molar-refractivity contribution in [1.29, 1.82) is 0 Å². The summed E-state index contributed by atoms with van der Waals surface area (Å²) in [5.74, 6) is 0. The monoisotopic (exact) mass is 272 g/mol. The highest BCUT2D eigenvalue weighted by Crippen LogP contribution is 2.13. The van der Waals surface area contributed by atoms with E-state index in [1.807, 2.05) is 20.8 Å². The fourth-order valence-electron chi connectivity index (χ4n) is 2.05. The maximum atomic E-state index is 11.8. The highest BCUT2D eigenvalue weighted by molar-refractivity contribution is 5.67. The molecule has 5 nitrogen and oxygen atoms in total. The van der Waals surface area contributed by atoms with Crippen LogP contribution in [0.1, 0.15) is 33.6 Å². The lowest BCUT2D eigenvalue weighted by Gasteiger charge is -2.32. The Morgan fingerprint density at radius 2 is 1.79 bits per heavy atom. The van der Waals surface area contributed by atoms with Gasteiger partial charge < -0.3 is 19.3 Å². The molecule has 0 atom stereocenters. The molecule has 1 heterocycles. The SMILES string of the molecule is CN(CCN(C)C1CCOCC1)C(=O)OC(C)(C)C. The van der Waals surface area contributed by atoms with E-state index in [1.165, 1.54) is 0 Å². The van der Waals surface area contributed by atoms with Crippen molar-refractivity contribution in [3.63, 3.8) is 0 Å². The normalized spacial score (nSPS) is 17.6. The summed E-state index contributed by atoms with van der Waals surface area (Å²) in [4.78, 5) is 15.8. The predicted molar refractivity (Wildman–Crippen MR) is 75.3 cm³/mol. The Morgan fingerprint density at radius 3 is 2.32 bits per heavy atom. The third-order valence-electron chi connectivity index (χ3n) is 3.31. The number of ether oxygens (including phenoxy) is 2. The number of amides is 1. The van der Waals surface area contributed by atoms with Crippen molar-refractivity contribution >= 4 is 6.09 Å². The number of nitrogens with zero attached hydrogens (tertiary/aromatic N) is 2. The minimum atomic E-state index is -0.433. The first-order valence-corrected chi connectivity index (χ1v) is 7.01. The molecule has 0 saturated carbocycles. The Kier molecular flexibility index (Phi) is 6.07. The summed E-state index contributed by atoms with van der Waals surface area (Å²) >= 11 is 0. The van der Waals surface area contributed by atoms with Gasteiger partial charge in [-0.1, -0.05) is 0 Å². The third kappa shape index (κ3) is 6.25. The lowest BCUT2D eigenvalue weighted by molar-refractivity contribution is 0.0224. The Bertz CT molecular complexity index is 283. The summed E-state index contributed by atoms with van der Waals surface area (Å²) in [5, 5.41) is 0. The molecule has 19 heavy (non-hydrogen) atoms. The number of hydrogen-bond donors (Lipinski definition) is 0. The minimum Gasteiger partial charge on any atom is -0.444 e. The molecule has 0 bridgehead atoms. The van der Waals surface area contributed by atoms with Gasteiger partial charge in [0.1, 0.15) is 5.60 Å². The molecule has 0 aromatic heterocycles. The Morgan fingerprint density at radius 1 is 1.21 bits per heavy atom. The molecule has 1 fully saturated rings. The highest BCUT2D eigenvalue weighted by atomic mass is 16.6. The van der Waals surface area contributed by atoms with E-state index < -0.39 is 5.60 Å². The highest BCUT2D eigenvalue weighted by Gasteiger charge is 2.21. The molecule has 0 radical (unpaired) electrons. The van der Waals surface area contributed by atoms with Crippen LogP contribution < -0.4 is 0 Å². The number of rotatable bonds is 4. The van der Waals surface area contributed by atoms with Crippen molar-refractivity contribution in [3.8, 4) is 0 Å². The second kappa shape index (κ2) is 7.10. The second-order valence-corrected chi connectivity index (χ2v) is 6.23. The smallest absolute Gasteiger partial charge is 0.410 e. The van der Waals surface area contributed by atoms with E-state index in [2.05, 4.69) is 11.9 Å². The molecule has 5 heteroatoms. The first kappa shape index (κ1) is 16.2. The van der Waals surface area contributed by atoms with Gasteiger partial charge in [0.05, 0.1) is 0 Å². The van der Waals surface area contributed by atoms with Gasteiger partial charge in [-0.3, -0.25) is 0 Å². The van der Waals surface area contributed by atoms with Crippen LogP contribution in [0.5, 0.6) is 0 Å². The molecular weight excluding hydrogens is 244 g/mol. The lowest BCUT2D eigenvalue weighted by atomic mass is 10.1. The Balaban J connectivity index is 2.28. The largest absolute Gasteiger partial charge is 0.444 e. The van der Waals surface area contributed by atoms with Gasteiger partial charge in [-0.2, -0.15) is 0 Å². The van der Waals surface area contributed by atoms with E-state index in [9.17, 15) is 4.79 Å². The van der Waals surface area contributed by atoms with Crippen LogP contribution in [0.2, 0.25) is 0 Å².